The van der Waals surface area contributed by atoms with Crippen molar-refractivity contribution < 1.29 is 24.2 Å². The predicted octanol–water partition coefficient (Wildman–Crippen LogP) is 2.20. The normalized spacial score (nSPS) is 18.2. The van der Waals surface area contributed by atoms with Crippen LogP contribution in [0.25, 0.3) is 6.08 Å². The van der Waals surface area contributed by atoms with Gasteiger partial charge >= 0.3 is 5.97 Å². The van der Waals surface area contributed by atoms with Gasteiger partial charge in [0.05, 0.1) is 4.91 Å². The topological polar surface area (TPSA) is 83.9 Å². The zero-order chi connectivity index (χ0) is 15.6. The number of imide groups is 1. The van der Waals surface area contributed by atoms with Crippen LogP contribution in [-0.2, 0) is 9.59 Å². The maximum absolute atomic E-state index is 11.7. The summed E-state index contributed by atoms with van der Waals surface area (Å²) < 4.78 is 5.20. The van der Waals surface area contributed by atoms with E-state index < -0.39 is 12.1 Å². The first-order chi connectivity index (χ1) is 9.88. The van der Waals surface area contributed by atoms with E-state index in [0.29, 0.717) is 10.7 Å². The van der Waals surface area contributed by atoms with Gasteiger partial charge in [0.2, 0.25) is 0 Å². The lowest BCUT2D eigenvalue weighted by Gasteiger charge is -2.10. The number of aliphatic carboxylic acids is 1. The SMILES string of the molecule is C[C@H](Oc1ccc(/C=C2\SC(=O)N(C)C2=O)cc1)C(=O)O. The second-order valence-electron chi connectivity index (χ2n) is 4.41. The minimum absolute atomic E-state index is 0.304. The highest BCUT2D eigenvalue weighted by atomic mass is 32.2. The van der Waals surface area contributed by atoms with Crippen LogP contribution in [0.2, 0.25) is 0 Å². The van der Waals surface area contributed by atoms with E-state index >= 15 is 0 Å². The number of carbonyl (C=O) groups is 3. The number of carboxylic acid groups (broad SMARTS) is 1. The number of carbonyl (C=O) groups excluding carboxylic acids is 2. The number of benzene rings is 1. The Morgan fingerprint density at radius 2 is 1.95 bits per heavy atom. The third kappa shape index (κ3) is 3.43. The van der Waals surface area contributed by atoms with Gasteiger partial charge in [0.1, 0.15) is 5.75 Å². The lowest BCUT2D eigenvalue weighted by atomic mass is 10.2. The van der Waals surface area contributed by atoms with Crippen molar-refractivity contribution >= 4 is 35.0 Å². The first-order valence-electron chi connectivity index (χ1n) is 6.09. The molecule has 1 fully saturated rings. The summed E-state index contributed by atoms with van der Waals surface area (Å²) in [6, 6.07) is 6.60. The van der Waals surface area contributed by atoms with E-state index in [4.69, 9.17) is 9.84 Å². The lowest BCUT2D eigenvalue weighted by molar-refractivity contribution is -0.144. The number of likely N-dealkylation sites (N-methyl/N-ethyl adjacent to an activating group) is 1. The van der Waals surface area contributed by atoms with Gasteiger partial charge in [-0.3, -0.25) is 14.5 Å². The molecule has 0 aliphatic carbocycles. The standard InChI is InChI=1S/C14H13NO5S/c1-8(13(17)18)20-10-5-3-9(4-6-10)7-11-12(16)15(2)14(19)21-11/h3-8H,1-2H3,(H,17,18)/b11-7-/t8-/m0/s1. The second-order valence-corrected chi connectivity index (χ2v) is 5.40. The molecule has 0 unspecified atom stereocenters. The van der Waals surface area contributed by atoms with Crippen molar-refractivity contribution in [3.63, 3.8) is 0 Å². The Morgan fingerprint density at radius 1 is 1.33 bits per heavy atom. The van der Waals surface area contributed by atoms with Crippen LogP contribution in [0.3, 0.4) is 0 Å². The molecule has 1 aliphatic heterocycles. The van der Waals surface area contributed by atoms with Crippen molar-refractivity contribution in [2.24, 2.45) is 0 Å². The van der Waals surface area contributed by atoms with Gasteiger partial charge in [0, 0.05) is 7.05 Å². The Morgan fingerprint density at radius 3 is 2.43 bits per heavy atom. The molecule has 2 amide bonds. The van der Waals surface area contributed by atoms with Crippen molar-refractivity contribution in [2.75, 3.05) is 7.05 Å². The highest BCUT2D eigenvalue weighted by molar-refractivity contribution is 8.18. The van der Waals surface area contributed by atoms with E-state index in [1.54, 1.807) is 30.3 Å². The zero-order valence-electron chi connectivity index (χ0n) is 11.4. The summed E-state index contributed by atoms with van der Waals surface area (Å²) in [5.74, 6) is -0.953. The molecular formula is C14H13NO5S. The van der Waals surface area contributed by atoms with Crippen molar-refractivity contribution in [1.82, 2.24) is 4.90 Å². The molecule has 2 rings (SSSR count). The maximum Gasteiger partial charge on any atom is 0.344 e. The van der Waals surface area contributed by atoms with E-state index in [1.165, 1.54) is 14.0 Å². The predicted molar refractivity (Wildman–Crippen MR) is 77.9 cm³/mol. The van der Waals surface area contributed by atoms with E-state index in [-0.39, 0.29) is 11.1 Å². The maximum atomic E-state index is 11.7. The molecule has 1 N–H and O–H groups in total. The Hall–Kier alpha value is -2.28. The molecule has 0 aromatic heterocycles. The van der Waals surface area contributed by atoms with Crippen LogP contribution in [0, 0.1) is 0 Å². The Bertz CT molecular complexity index is 623. The van der Waals surface area contributed by atoms with Gasteiger partial charge in [-0.05, 0) is 42.5 Å². The van der Waals surface area contributed by atoms with Crippen LogP contribution in [0.4, 0.5) is 4.79 Å². The zero-order valence-corrected chi connectivity index (χ0v) is 12.2. The number of amides is 2. The highest BCUT2D eigenvalue weighted by Crippen LogP contribution is 2.31. The van der Waals surface area contributed by atoms with Crippen molar-refractivity contribution in [3.8, 4) is 5.75 Å². The quantitative estimate of drug-likeness (QED) is 0.859. The number of hydrogen-bond acceptors (Lipinski definition) is 5. The van der Waals surface area contributed by atoms with Crippen LogP contribution >= 0.6 is 11.8 Å². The summed E-state index contributed by atoms with van der Waals surface area (Å²) >= 11 is 0.885. The smallest absolute Gasteiger partial charge is 0.344 e. The minimum atomic E-state index is -1.05. The van der Waals surface area contributed by atoms with Gasteiger partial charge in [-0.2, -0.15) is 0 Å². The van der Waals surface area contributed by atoms with Gasteiger partial charge in [-0.25, -0.2) is 4.79 Å². The summed E-state index contributed by atoms with van der Waals surface area (Å²) in [5.41, 5.74) is 0.726. The number of ether oxygens (including phenoxy) is 1. The Labute approximate surface area is 125 Å². The summed E-state index contributed by atoms with van der Waals surface area (Å²) in [6.45, 7) is 1.44. The van der Waals surface area contributed by atoms with Crippen LogP contribution < -0.4 is 4.74 Å². The largest absolute Gasteiger partial charge is 0.479 e. The third-order valence-corrected chi connectivity index (χ3v) is 3.79. The second kappa shape index (κ2) is 6.01. The minimum Gasteiger partial charge on any atom is -0.479 e. The van der Waals surface area contributed by atoms with E-state index in [2.05, 4.69) is 0 Å². The van der Waals surface area contributed by atoms with Gasteiger partial charge in [-0.1, -0.05) is 12.1 Å². The van der Waals surface area contributed by atoms with E-state index in [0.717, 1.165) is 22.2 Å². The average molecular weight is 307 g/mol. The summed E-state index contributed by atoms with van der Waals surface area (Å²) in [5, 5.41) is 8.45. The highest BCUT2D eigenvalue weighted by Gasteiger charge is 2.31. The van der Waals surface area contributed by atoms with E-state index in [1.807, 2.05) is 0 Å². The van der Waals surface area contributed by atoms with Crippen molar-refractivity contribution in [1.29, 1.82) is 0 Å². The molecule has 0 radical (unpaired) electrons. The van der Waals surface area contributed by atoms with Crippen LogP contribution in [0.1, 0.15) is 12.5 Å². The molecule has 1 aromatic carbocycles. The summed E-state index contributed by atoms with van der Waals surface area (Å²) in [6.07, 6.45) is 0.672. The van der Waals surface area contributed by atoms with Crippen molar-refractivity contribution in [2.45, 2.75) is 13.0 Å². The molecule has 1 aliphatic rings. The molecule has 6 nitrogen and oxygen atoms in total. The molecular weight excluding hydrogens is 294 g/mol. The van der Waals surface area contributed by atoms with E-state index in [9.17, 15) is 14.4 Å². The molecule has 1 atom stereocenters. The number of carboxylic acids is 1. The molecule has 0 spiro atoms. The molecule has 1 saturated heterocycles. The average Bonchev–Trinajstić information content (AvgIpc) is 2.68. The fourth-order valence-corrected chi connectivity index (χ4v) is 2.42. The number of hydrogen-bond donors (Lipinski definition) is 1. The summed E-state index contributed by atoms with van der Waals surface area (Å²) in [4.78, 5) is 35.2. The fourth-order valence-electron chi connectivity index (χ4n) is 1.59. The number of rotatable bonds is 4. The molecule has 7 heteroatoms. The van der Waals surface area contributed by atoms with Crippen LogP contribution in [0.15, 0.2) is 29.2 Å². The Kier molecular flexibility index (Phi) is 4.32. The number of thioether (sulfide) groups is 1. The third-order valence-electron chi connectivity index (χ3n) is 2.83. The lowest BCUT2D eigenvalue weighted by Crippen LogP contribution is -2.22. The van der Waals surface area contributed by atoms with Crippen molar-refractivity contribution in [3.05, 3.63) is 34.7 Å². The summed E-state index contributed by atoms with van der Waals surface area (Å²) in [7, 11) is 1.43. The monoisotopic (exact) mass is 307 g/mol. The van der Waals surface area contributed by atoms with Crippen LogP contribution in [-0.4, -0.2) is 40.3 Å². The van der Waals surface area contributed by atoms with Crippen LogP contribution in [0.5, 0.6) is 5.75 Å². The number of nitrogens with zero attached hydrogens (tertiary/aromatic N) is 1. The Balaban J connectivity index is 2.11. The first-order valence-corrected chi connectivity index (χ1v) is 6.91. The van der Waals surface area contributed by atoms with Gasteiger partial charge in [0.15, 0.2) is 6.10 Å². The molecule has 1 heterocycles. The molecule has 0 bridgehead atoms. The fraction of sp³-hybridized carbons (Fsp3) is 0.214. The molecule has 1 aromatic rings. The van der Waals surface area contributed by atoms with Gasteiger partial charge in [0.25, 0.3) is 11.1 Å². The molecule has 0 saturated carbocycles. The first kappa shape index (κ1) is 15.1. The molecule has 21 heavy (non-hydrogen) atoms. The van der Waals surface area contributed by atoms with Gasteiger partial charge in [-0.15, -0.1) is 0 Å². The molecule has 110 valence electrons. The van der Waals surface area contributed by atoms with Gasteiger partial charge < -0.3 is 9.84 Å².